The minimum atomic E-state index is -0.388. The number of nitro benzene ring substituents is 1. The van der Waals surface area contributed by atoms with Crippen LogP contribution in [0.4, 0.5) is 5.69 Å². The van der Waals surface area contributed by atoms with E-state index >= 15 is 0 Å². The summed E-state index contributed by atoms with van der Waals surface area (Å²) >= 11 is 5.94. The molecule has 4 nitrogen and oxygen atoms in total. The Morgan fingerprint density at radius 3 is 2.79 bits per heavy atom. The van der Waals surface area contributed by atoms with Crippen molar-refractivity contribution < 1.29 is 4.92 Å². The average molecular weight is 213 g/mol. The van der Waals surface area contributed by atoms with Crippen LogP contribution in [-0.4, -0.2) is 11.5 Å². The van der Waals surface area contributed by atoms with Crippen LogP contribution in [0.25, 0.3) is 0 Å². The molecule has 0 amide bonds. The molecule has 1 fully saturated rings. The zero-order chi connectivity index (χ0) is 10.1. The van der Waals surface area contributed by atoms with Gasteiger partial charge in [-0.1, -0.05) is 17.7 Å². The molecule has 0 saturated carbocycles. The van der Waals surface area contributed by atoms with Gasteiger partial charge in [0.25, 0.3) is 5.69 Å². The van der Waals surface area contributed by atoms with Gasteiger partial charge in [0, 0.05) is 12.1 Å². The number of hydrogen-bond acceptors (Lipinski definition) is 3. The lowest BCUT2D eigenvalue weighted by Gasteiger charge is -2.28. The van der Waals surface area contributed by atoms with E-state index in [0.717, 1.165) is 13.0 Å². The molecule has 0 spiro atoms. The summed E-state index contributed by atoms with van der Waals surface area (Å²) in [6, 6.07) is 4.82. The Balaban J connectivity index is 2.47. The van der Waals surface area contributed by atoms with Gasteiger partial charge in [0.2, 0.25) is 0 Å². The summed E-state index contributed by atoms with van der Waals surface area (Å²) in [6.07, 6.45) is 0.907. The molecule has 1 aromatic rings. The van der Waals surface area contributed by atoms with Crippen LogP contribution in [0.1, 0.15) is 18.0 Å². The number of hydrogen-bond donors (Lipinski definition) is 1. The van der Waals surface area contributed by atoms with Gasteiger partial charge in [-0.2, -0.15) is 0 Å². The fourth-order valence-electron chi connectivity index (χ4n) is 1.56. The monoisotopic (exact) mass is 212 g/mol. The summed E-state index contributed by atoms with van der Waals surface area (Å²) in [5, 5.41) is 14.3. The Hall–Kier alpha value is -1.13. The maximum absolute atomic E-state index is 10.7. The molecule has 1 aliphatic rings. The van der Waals surface area contributed by atoms with Gasteiger partial charge in [-0.25, -0.2) is 0 Å². The topological polar surface area (TPSA) is 55.2 Å². The van der Waals surface area contributed by atoms with Gasteiger partial charge in [0.05, 0.1) is 15.5 Å². The molecule has 1 saturated heterocycles. The SMILES string of the molecule is O=[N+]([O-])c1cccc(Cl)c1[C@@H]1CCN1. The molecule has 74 valence electrons. The molecule has 0 aliphatic carbocycles. The van der Waals surface area contributed by atoms with Crippen molar-refractivity contribution in [2.45, 2.75) is 12.5 Å². The minimum Gasteiger partial charge on any atom is -0.310 e. The van der Waals surface area contributed by atoms with E-state index in [2.05, 4.69) is 5.32 Å². The standard InChI is InChI=1S/C9H9ClN2O2/c10-6-2-1-3-8(12(13)14)9(6)7-4-5-11-7/h1-3,7,11H,4-5H2/t7-/m0/s1. The van der Waals surface area contributed by atoms with Crippen molar-refractivity contribution in [3.63, 3.8) is 0 Å². The summed E-state index contributed by atoms with van der Waals surface area (Å²) in [5.74, 6) is 0. The van der Waals surface area contributed by atoms with Crippen molar-refractivity contribution >= 4 is 17.3 Å². The molecule has 0 unspecified atom stereocenters. The summed E-state index contributed by atoms with van der Waals surface area (Å²) in [4.78, 5) is 10.3. The van der Waals surface area contributed by atoms with Crippen molar-refractivity contribution in [3.8, 4) is 0 Å². The number of nitrogens with one attached hydrogen (secondary N) is 1. The number of nitro groups is 1. The number of nitrogens with zero attached hydrogens (tertiary/aromatic N) is 1. The first-order valence-corrected chi connectivity index (χ1v) is 4.74. The lowest BCUT2D eigenvalue weighted by molar-refractivity contribution is -0.385. The van der Waals surface area contributed by atoms with Gasteiger partial charge in [0.1, 0.15) is 0 Å². The fraction of sp³-hybridized carbons (Fsp3) is 0.333. The van der Waals surface area contributed by atoms with Gasteiger partial charge in [-0.15, -0.1) is 0 Å². The van der Waals surface area contributed by atoms with Gasteiger partial charge in [-0.05, 0) is 19.0 Å². The fourth-order valence-corrected chi connectivity index (χ4v) is 1.87. The molecule has 2 rings (SSSR count). The summed E-state index contributed by atoms with van der Waals surface area (Å²) < 4.78 is 0. The molecule has 1 atom stereocenters. The molecular formula is C9H9ClN2O2. The Morgan fingerprint density at radius 2 is 2.29 bits per heavy atom. The van der Waals surface area contributed by atoms with Crippen molar-refractivity contribution in [1.82, 2.24) is 5.32 Å². The molecule has 14 heavy (non-hydrogen) atoms. The van der Waals surface area contributed by atoms with Gasteiger partial charge >= 0.3 is 0 Å². The maximum Gasteiger partial charge on any atom is 0.275 e. The second-order valence-corrected chi connectivity index (χ2v) is 3.63. The third-order valence-electron chi connectivity index (χ3n) is 2.40. The van der Waals surface area contributed by atoms with Crippen molar-refractivity contribution in [2.75, 3.05) is 6.54 Å². The van der Waals surface area contributed by atoms with E-state index in [1.165, 1.54) is 6.07 Å². The maximum atomic E-state index is 10.7. The summed E-state index contributed by atoms with van der Waals surface area (Å²) in [7, 11) is 0. The third kappa shape index (κ3) is 1.47. The highest BCUT2D eigenvalue weighted by Crippen LogP contribution is 2.36. The van der Waals surface area contributed by atoms with Crippen LogP contribution in [0.2, 0.25) is 5.02 Å². The lowest BCUT2D eigenvalue weighted by atomic mass is 9.96. The third-order valence-corrected chi connectivity index (χ3v) is 2.73. The predicted octanol–water partition coefficient (Wildman–Crippen LogP) is 2.28. The van der Waals surface area contributed by atoms with E-state index < -0.39 is 0 Å². The lowest BCUT2D eigenvalue weighted by Crippen LogP contribution is -2.35. The minimum absolute atomic E-state index is 0.0455. The van der Waals surface area contributed by atoms with Gasteiger partial charge in [0.15, 0.2) is 0 Å². The van der Waals surface area contributed by atoms with E-state index in [0.29, 0.717) is 10.6 Å². The molecule has 5 heteroatoms. The smallest absolute Gasteiger partial charge is 0.275 e. The molecule has 0 radical (unpaired) electrons. The highest BCUT2D eigenvalue weighted by Gasteiger charge is 2.28. The largest absolute Gasteiger partial charge is 0.310 e. The summed E-state index contributed by atoms with van der Waals surface area (Å²) in [5.41, 5.74) is 0.722. The van der Waals surface area contributed by atoms with Gasteiger partial charge < -0.3 is 5.32 Å². The Morgan fingerprint density at radius 1 is 1.57 bits per heavy atom. The molecule has 1 aliphatic heterocycles. The van der Waals surface area contributed by atoms with E-state index in [9.17, 15) is 10.1 Å². The zero-order valence-electron chi connectivity index (χ0n) is 7.37. The molecule has 1 N–H and O–H groups in total. The number of rotatable bonds is 2. The first kappa shape index (κ1) is 9.43. The molecule has 1 heterocycles. The summed E-state index contributed by atoms with van der Waals surface area (Å²) in [6.45, 7) is 0.896. The normalized spacial score (nSPS) is 20.2. The van der Waals surface area contributed by atoms with E-state index in [1.54, 1.807) is 12.1 Å². The van der Waals surface area contributed by atoms with Crippen molar-refractivity contribution in [2.24, 2.45) is 0 Å². The van der Waals surface area contributed by atoms with E-state index in [1.807, 2.05) is 0 Å². The average Bonchev–Trinajstić information content (AvgIpc) is 2.04. The quantitative estimate of drug-likeness (QED) is 0.605. The Bertz CT molecular complexity index is 377. The molecule has 1 aromatic carbocycles. The van der Waals surface area contributed by atoms with E-state index in [4.69, 9.17) is 11.6 Å². The number of benzene rings is 1. The second kappa shape index (κ2) is 3.55. The van der Waals surface area contributed by atoms with Crippen LogP contribution >= 0.6 is 11.6 Å². The predicted molar refractivity (Wildman–Crippen MR) is 53.5 cm³/mol. The first-order valence-electron chi connectivity index (χ1n) is 4.36. The van der Waals surface area contributed by atoms with Crippen molar-refractivity contribution in [1.29, 1.82) is 0 Å². The molecular weight excluding hydrogens is 204 g/mol. The highest BCUT2D eigenvalue weighted by molar-refractivity contribution is 6.31. The highest BCUT2D eigenvalue weighted by atomic mass is 35.5. The van der Waals surface area contributed by atoms with E-state index in [-0.39, 0.29) is 16.7 Å². The molecule has 0 bridgehead atoms. The van der Waals surface area contributed by atoms with Crippen LogP contribution in [0.3, 0.4) is 0 Å². The van der Waals surface area contributed by atoms with Crippen LogP contribution < -0.4 is 5.32 Å². The zero-order valence-corrected chi connectivity index (χ0v) is 8.12. The van der Waals surface area contributed by atoms with Crippen molar-refractivity contribution in [3.05, 3.63) is 38.9 Å². The van der Waals surface area contributed by atoms with Crippen LogP contribution in [0.5, 0.6) is 0 Å². The molecule has 0 aromatic heterocycles. The number of halogens is 1. The first-order chi connectivity index (χ1) is 6.70. The van der Waals surface area contributed by atoms with Crippen LogP contribution in [0, 0.1) is 10.1 Å². The Kier molecular flexibility index (Phi) is 2.39. The van der Waals surface area contributed by atoms with Crippen LogP contribution in [-0.2, 0) is 0 Å². The van der Waals surface area contributed by atoms with Crippen LogP contribution in [0.15, 0.2) is 18.2 Å². The second-order valence-electron chi connectivity index (χ2n) is 3.23. The van der Waals surface area contributed by atoms with Gasteiger partial charge in [-0.3, -0.25) is 10.1 Å². The Labute approximate surface area is 86.0 Å².